The monoisotopic (exact) mass is 644 g/mol. The first-order chi connectivity index (χ1) is 23.5. The van der Waals surface area contributed by atoms with Gasteiger partial charge < -0.3 is 19.3 Å². The zero-order chi connectivity index (χ0) is 33.9. The predicted molar refractivity (Wildman–Crippen MR) is 194 cm³/mol. The van der Waals surface area contributed by atoms with E-state index in [0.717, 1.165) is 64.7 Å². The zero-order valence-corrected chi connectivity index (χ0v) is 28.5. The standard InChI is InChI=1S/C40H42N2O4.C2H6/c1-41(26-29-13-7-5-8-14-29)37(43)27-42-36-25-33(40(44)45)21-24-35(36)38(31-17-11-3-2-4-12-18-31)39(42)32-19-22-34(23-20-32)46-28-30-15-9-6-10-16-30;1-2/h5-10,13-16,19-25,31H,2-4,11-12,17-18,26-28H2,1H3,(H,44,45);1-2H3. The number of rotatable bonds is 10. The van der Waals surface area contributed by atoms with Gasteiger partial charge in [0.05, 0.1) is 16.8 Å². The second-order valence-corrected chi connectivity index (χ2v) is 12.5. The van der Waals surface area contributed by atoms with E-state index in [4.69, 9.17) is 4.74 Å². The Balaban J connectivity index is 0.00000221. The largest absolute Gasteiger partial charge is 0.489 e. The molecule has 48 heavy (non-hydrogen) atoms. The minimum absolute atomic E-state index is 0.0326. The number of benzene rings is 4. The van der Waals surface area contributed by atoms with Crippen LogP contribution in [0.2, 0.25) is 0 Å². The lowest BCUT2D eigenvalue weighted by Crippen LogP contribution is -2.30. The summed E-state index contributed by atoms with van der Waals surface area (Å²) in [6.07, 6.45) is 8.20. The maximum absolute atomic E-state index is 13.9. The third-order valence-electron chi connectivity index (χ3n) is 9.22. The van der Waals surface area contributed by atoms with Gasteiger partial charge in [0.1, 0.15) is 18.9 Å². The van der Waals surface area contributed by atoms with Crippen molar-refractivity contribution in [3.8, 4) is 17.0 Å². The Hall–Kier alpha value is -4.84. The fourth-order valence-electron chi connectivity index (χ4n) is 6.79. The zero-order valence-electron chi connectivity index (χ0n) is 28.5. The van der Waals surface area contributed by atoms with Crippen molar-refractivity contribution in [2.24, 2.45) is 0 Å². The van der Waals surface area contributed by atoms with Gasteiger partial charge in [-0.2, -0.15) is 0 Å². The van der Waals surface area contributed by atoms with Gasteiger partial charge in [-0.3, -0.25) is 4.79 Å². The molecule has 0 spiro atoms. The number of carboxylic acid groups (broad SMARTS) is 1. The molecule has 1 N–H and O–H groups in total. The van der Waals surface area contributed by atoms with E-state index in [-0.39, 0.29) is 18.0 Å². The first-order valence-electron chi connectivity index (χ1n) is 17.4. The molecule has 1 aromatic heterocycles. The molecule has 1 heterocycles. The van der Waals surface area contributed by atoms with E-state index in [1.54, 1.807) is 17.0 Å². The minimum Gasteiger partial charge on any atom is -0.489 e. The Kier molecular flexibility index (Phi) is 12.1. The number of fused-ring (bicyclic) bond motifs is 1. The molecule has 0 saturated heterocycles. The summed E-state index contributed by atoms with van der Waals surface area (Å²) in [7, 11) is 1.83. The fourth-order valence-corrected chi connectivity index (χ4v) is 6.79. The summed E-state index contributed by atoms with van der Waals surface area (Å²) in [5.74, 6) is 0.0846. The number of hydrogen-bond donors (Lipinski definition) is 1. The van der Waals surface area contributed by atoms with Crippen molar-refractivity contribution in [1.29, 1.82) is 0 Å². The second kappa shape index (κ2) is 16.8. The number of nitrogens with zero attached hydrogens (tertiary/aromatic N) is 2. The Morgan fingerprint density at radius 2 is 1.40 bits per heavy atom. The third-order valence-corrected chi connectivity index (χ3v) is 9.22. The lowest BCUT2D eigenvalue weighted by molar-refractivity contribution is -0.130. The molecule has 6 heteroatoms. The molecule has 250 valence electrons. The molecular weight excluding hydrogens is 596 g/mol. The number of hydrogen-bond acceptors (Lipinski definition) is 3. The number of carbonyl (C=O) groups excluding carboxylic acids is 1. The molecule has 6 rings (SSSR count). The number of aromatic carboxylic acids is 1. The topological polar surface area (TPSA) is 71.8 Å². The van der Waals surface area contributed by atoms with E-state index in [9.17, 15) is 14.7 Å². The van der Waals surface area contributed by atoms with Crippen molar-refractivity contribution in [3.63, 3.8) is 0 Å². The Bertz CT molecular complexity index is 1770. The van der Waals surface area contributed by atoms with E-state index in [2.05, 4.69) is 16.7 Å². The summed E-state index contributed by atoms with van der Waals surface area (Å²) in [6, 6.07) is 33.6. The molecule has 1 saturated carbocycles. The highest BCUT2D eigenvalue weighted by molar-refractivity contribution is 5.99. The van der Waals surface area contributed by atoms with Crippen LogP contribution in [0.5, 0.6) is 5.75 Å². The Labute approximate surface area is 285 Å². The second-order valence-electron chi connectivity index (χ2n) is 12.5. The van der Waals surface area contributed by atoms with E-state index < -0.39 is 5.97 Å². The van der Waals surface area contributed by atoms with Gasteiger partial charge in [-0.05, 0) is 77.4 Å². The number of likely N-dealkylation sites (N-methyl/N-ethyl adjacent to an activating group) is 1. The van der Waals surface area contributed by atoms with Crippen molar-refractivity contribution < 1.29 is 19.4 Å². The summed E-state index contributed by atoms with van der Waals surface area (Å²) < 4.78 is 8.18. The third kappa shape index (κ3) is 8.35. The molecule has 0 radical (unpaired) electrons. The normalized spacial score (nSPS) is 13.6. The summed E-state index contributed by atoms with van der Waals surface area (Å²) in [6.45, 7) is 5.09. The van der Waals surface area contributed by atoms with E-state index in [0.29, 0.717) is 19.1 Å². The molecule has 5 aromatic rings. The average Bonchev–Trinajstić information content (AvgIpc) is 3.42. The van der Waals surface area contributed by atoms with Crippen molar-refractivity contribution in [1.82, 2.24) is 9.47 Å². The van der Waals surface area contributed by atoms with Gasteiger partial charge >= 0.3 is 5.97 Å². The van der Waals surface area contributed by atoms with E-state index in [1.165, 1.54) is 24.8 Å². The Morgan fingerprint density at radius 1 is 0.792 bits per heavy atom. The van der Waals surface area contributed by atoms with Crippen molar-refractivity contribution in [2.45, 2.75) is 84.4 Å². The van der Waals surface area contributed by atoms with Crippen LogP contribution >= 0.6 is 0 Å². The molecule has 1 amide bonds. The molecule has 6 nitrogen and oxygen atoms in total. The quantitative estimate of drug-likeness (QED) is 0.164. The van der Waals surface area contributed by atoms with Gasteiger partial charge in [0.2, 0.25) is 5.91 Å². The fraction of sp³-hybridized carbons (Fsp3) is 0.333. The lowest BCUT2D eigenvalue weighted by Gasteiger charge is -2.23. The number of carboxylic acids is 1. The molecular formula is C42H48N2O4. The highest BCUT2D eigenvalue weighted by atomic mass is 16.5. The van der Waals surface area contributed by atoms with E-state index in [1.807, 2.05) is 99.8 Å². The summed E-state index contributed by atoms with van der Waals surface area (Å²) >= 11 is 0. The van der Waals surface area contributed by atoms with Crippen LogP contribution in [0.15, 0.2) is 103 Å². The maximum Gasteiger partial charge on any atom is 0.335 e. The highest BCUT2D eigenvalue weighted by Gasteiger charge is 2.27. The average molecular weight is 645 g/mol. The number of amides is 1. The SMILES string of the molecule is CC.CN(Cc1ccccc1)C(=O)Cn1c(-c2ccc(OCc3ccccc3)cc2)c(C2CCCCCCC2)c2ccc(C(=O)O)cc21. The summed E-state index contributed by atoms with van der Waals surface area (Å²) in [5.41, 5.74) is 6.39. The lowest BCUT2D eigenvalue weighted by atomic mass is 9.83. The van der Waals surface area contributed by atoms with Crippen LogP contribution < -0.4 is 4.74 Å². The molecule has 4 aromatic carbocycles. The van der Waals surface area contributed by atoms with E-state index >= 15 is 0 Å². The van der Waals surface area contributed by atoms with Gasteiger partial charge in [0, 0.05) is 19.0 Å². The van der Waals surface area contributed by atoms with Gasteiger partial charge in [0.15, 0.2) is 0 Å². The summed E-state index contributed by atoms with van der Waals surface area (Å²) in [5, 5.41) is 11.0. The van der Waals surface area contributed by atoms with Crippen LogP contribution in [-0.2, 0) is 24.5 Å². The van der Waals surface area contributed by atoms with Gasteiger partial charge in [-0.15, -0.1) is 0 Å². The van der Waals surface area contributed by atoms with Crippen LogP contribution in [0.4, 0.5) is 0 Å². The predicted octanol–water partition coefficient (Wildman–Crippen LogP) is 10.1. The van der Waals surface area contributed by atoms with Crippen LogP contribution in [0.1, 0.15) is 91.8 Å². The minimum atomic E-state index is -0.976. The number of ether oxygens (including phenoxy) is 1. The van der Waals surface area contributed by atoms with Crippen molar-refractivity contribution >= 4 is 22.8 Å². The molecule has 0 bridgehead atoms. The smallest absolute Gasteiger partial charge is 0.335 e. The van der Waals surface area contributed by atoms with Gasteiger partial charge in [-0.1, -0.05) is 113 Å². The first-order valence-corrected chi connectivity index (χ1v) is 17.4. The molecule has 1 fully saturated rings. The van der Waals surface area contributed by atoms with Crippen molar-refractivity contribution in [2.75, 3.05) is 7.05 Å². The molecule has 0 unspecified atom stereocenters. The maximum atomic E-state index is 13.9. The summed E-state index contributed by atoms with van der Waals surface area (Å²) in [4.78, 5) is 27.8. The van der Waals surface area contributed by atoms with Crippen molar-refractivity contribution in [3.05, 3.63) is 125 Å². The van der Waals surface area contributed by atoms with Crippen LogP contribution in [-0.4, -0.2) is 33.5 Å². The van der Waals surface area contributed by atoms with Gasteiger partial charge in [0.25, 0.3) is 0 Å². The van der Waals surface area contributed by atoms with Crippen LogP contribution in [0.3, 0.4) is 0 Å². The first kappa shape index (κ1) is 34.5. The molecule has 1 aliphatic carbocycles. The number of carbonyl (C=O) groups is 2. The van der Waals surface area contributed by atoms with Gasteiger partial charge in [-0.25, -0.2) is 4.79 Å². The number of aromatic nitrogens is 1. The van der Waals surface area contributed by atoms with Crippen LogP contribution in [0, 0.1) is 0 Å². The molecule has 1 aliphatic rings. The highest BCUT2D eigenvalue weighted by Crippen LogP contribution is 2.44. The molecule has 0 aliphatic heterocycles. The Morgan fingerprint density at radius 3 is 2.02 bits per heavy atom. The van der Waals surface area contributed by atoms with Crippen LogP contribution in [0.25, 0.3) is 22.2 Å². The molecule has 0 atom stereocenters.